The van der Waals surface area contributed by atoms with Gasteiger partial charge >= 0.3 is 5.97 Å². The van der Waals surface area contributed by atoms with Crippen LogP contribution in [0.5, 0.6) is 5.75 Å². The van der Waals surface area contributed by atoms with E-state index in [4.69, 9.17) is 9.84 Å². The molecule has 0 bridgehead atoms. The Balaban J connectivity index is 2.01. The normalized spacial score (nSPS) is 10.4. The van der Waals surface area contributed by atoms with Gasteiger partial charge in [-0.3, -0.25) is 4.79 Å². The third kappa shape index (κ3) is 4.21. The van der Waals surface area contributed by atoms with Crippen molar-refractivity contribution < 1.29 is 19.4 Å². The van der Waals surface area contributed by atoms with E-state index < -0.39 is 5.97 Å². The summed E-state index contributed by atoms with van der Waals surface area (Å²) in [6.45, 7) is 0. The largest absolute Gasteiger partial charge is 0.497 e. The summed E-state index contributed by atoms with van der Waals surface area (Å²) in [6, 6.07) is 13.3. The summed E-state index contributed by atoms with van der Waals surface area (Å²) in [4.78, 5) is 22.7. The number of methoxy groups -OCH3 is 1. The lowest BCUT2D eigenvalue weighted by atomic mass is 10.2. The van der Waals surface area contributed by atoms with Crippen LogP contribution < -0.4 is 10.1 Å². The van der Waals surface area contributed by atoms with Crippen LogP contribution in [0.3, 0.4) is 0 Å². The Labute approximate surface area is 127 Å². The van der Waals surface area contributed by atoms with Crippen LogP contribution >= 0.6 is 0 Å². The van der Waals surface area contributed by atoms with Crippen molar-refractivity contribution in [2.45, 2.75) is 0 Å². The second kappa shape index (κ2) is 7.08. The highest BCUT2D eigenvalue weighted by Gasteiger charge is 2.04. The number of carboxylic acid groups (broad SMARTS) is 1. The Morgan fingerprint density at radius 1 is 1.14 bits per heavy atom. The lowest BCUT2D eigenvalue weighted by Crippen LogP contribution is -2.08. The Morgan fingerprint density at radius 3 is 2.50 bits per heavy atom. The topological polar surface area (TPSA) is 75.6 Å². The molecule has 2 N–H and O–H groups in total. The minimum atomic E-state index is -1.04. The molecule has 0 heterocycles. The molecule has 2 aromatic carbocycles. The summed E-state index contributed by atoms with van der Waals surface area (Å²) >= 11 is 0. The zero-order valence-corrected chi connectivity index (χ0v) is 11.9. The van der Waals surface area contributed by atoms with Crippen molar-refractivity contribution in [3.8, 4) is 5.75 Å². The average molecular weight is 297 g/mol. The zero-order valence-electron chi connectivity index (χ0n) is 11.9. The summed E-state index contributed by atoms with van der Waals surface area (Å²) < 4.78 is 5.05. The molecular weight excluding hydrogens is 282 g/mol. The van der Waals surface area contributed by atoms with Crippen LogP contribution in [0.25, 0.3) is 6.08 Å². The third-order valence-corrected chi connectivity index (χ3v) is 2.92. The zero-order chi connectivity index (χ0) is 15.9. The summed E-state index contributed by atoms with van der Waals surface area (Å²) in [5.41, 5.74) is 1.41. The molecule has 5 nitrogen and oxygen atoms in total. The first kappa shape index (κ1) is 15.3. The molecule has 0 aliphatic rings. The van der Waals surface area contributed by atoms with Gasteiger partial charge in [0.15, 0.2) is 0 Å². The maximum Gasteiger partial charge on any atom is 0.335 e. The molecule has 0 spiro atoms. The van der Waals surface area contributed by atoms with Crippen molar-refractivity contribution in [2.75, 3.05) is 12.4 Å². The smallest absolute Gasteiger partial charge is 0.335 e. The molecule has 2 rings (SSSR count). The second-order valence-corrected chi connectivity index (χ2v) is 4.48. The first-order valence-electron chi connectivity index (χ1n) is 6.55. The highest BCUT2D eigenvalue weighted by molar-refractivity contribution is 6.02. The number of anilines is 1. The fourth-order valence-corrected chi connectivity index (χ4v) is 1.80. The summed E-state index contributed by atoms with van der Waals surface area (Å²) in [6.07, 6.45) is 3.05. The van der Waals surface area contributed by atoms with Gasteiger partial charge < -0.3 is 15.2 Å². The Kier molecular flexibility index (Phi) is 4.93. The molecule has 22 heavy (non-hydrogen) atoms. The van der Waals surface area contributed by atoms with E-state index in [-0.39, 0.29) is 11.5 Å². The monoisotopic (exact) mass is 297 g/mol. The fourth-order valence-electron chi connectivity index (χ4n) is 1.80. The molecule has 0 atom stereocenters. The Bertz CT molecular complexity index is 705. The number of nitrogens with one attached hydrogen (secondary N) is 1. The number of benzene rings is 2. The van der Waals surface area contributed by atoms with E-state index >= 15 is 0 Å². The standard InChI is InChI=1S/C17H15NO4/c1-22-15-8-5-12(6-9-15)7-10-16(19)18-14-4-2-3-13(11-14)17(20)21/h2-11H,1H3,(H,18,19)(H,20,21)/b10-7+. The van der Waals surface area contributed by atoms with Gasteiger partial charge in [0.1, 0.15) is 5.75 Å². The van der Waals surface area contributed by atoms with Crippen molar-refractivity contribution in [3.63, 3.8) is 0 Å². The van der Waals surface area contributed by atoms with Crippen LogP contribution in [-0.2, 0) is 4.79 Å². The number of amides is 1. The molecule has 0 aliphatic carbocycles. The van der Waals surface area contributed by atoms with Crippen molar-refractivity contribution in [1.82, 2.24) is 0 Å². The quantitative estimate of drug-likeness (QED) is 0.832. The molecule has 0 aromatic heterocycles. The van der Waals surface area contributed by atoms with Crippen LogP contribution in [0.1, 0.15) is 15.9 Å². The van der Waals surface area contributed by atoms with Crippen molar-refractivity contribution in [1.29, 1.82) is 0 Å². The Morgan fingerprint density at radius 2 is 1.86 bits per heavy atom. The molecule has 2 aromatic rings. The van der Waals surface area contributed by atoms with Gasteiger partial charge in [0, 0.05) is 11.8 Å². The van der Waals surface area contributed by atoms with Gasteiger partial charge in [-0.05, 0) is 42.0 Å². The van der Waals surface area contributed by atoms with Crippen LogP contribution in [0.2, 0.25) is 0 Å². The number of ether oxygens (including phenoxy) is 1. The maximum absolute atomic E-state index is 11.8. The third-order valence-electron chi connectivity index (χ3n) is 2.92. The van der Waals surface area contributed by atoms with Gasteiger partial charge in [-0.1, -0.05) is 18.2 Å². The van der Waals surface area contributed by atoms with Crippen molar-refractivity contribution in [3.05, 3.63) is 65.7 Å². The summed E-state index contributed by atoms with van der Waals surface area (Å²) in [7, 11) is 1.59. The highest BCUT2D eigenvalue weighted by Crippen LogP contribution is 2.13. The molecule has 0 fully saturated rings. The first-order valence-corrected chi connectivity index (χ1v) is 6.55. The number of hydrogen-bond donors (Lipinski definition) is 2. The molecule has 0 radical (unpaired) electrons. The Hall–Kier alpha value is -3.08. The van der Waals surface area contributed by atoms with E-state index in [1.54, 1.807) is 37.5 Å². The molecule has 0 unspecified atom stereocenters. The maximum atomic E-state index is 11.8. The SMILES string of the molecule is COc1ccc(/C=C/C(=O)Nc2cccc(C(=O)O)c2)cc1. The van der Waals surface area contributed by atoms with E-state index in [9.17, 15) is 9.59 Å². The number of hydrogen-bond acceptors (Lipinski definition) is 3. The minimum absolute atomic E-state index is 0.122. The average Bonchev–Trinajstić information content (AvgIpc) is 2.53. The summed E-state index contributed by atoms with van der Waals surface area (Å²) in [5.74, 6) is -0.629. The van der Waals surface area contributed by atoms with Gasteiger partial charge in [0.2, 0.25) is 5.91 Å². The molecule has 0 saturated carbocycles. The molecule has 5 heteroatoms. The number of carbonyl (C=O) groups excluding carboxylic acids is 1. The van der Waals surface area contributed by atoms with Gasteiger partial charge in [0.25, 0.3) is 0 Å². The lowest BCUT2D eigenvalue weighted by molar-refractivity contribution is -0.111. The van der Waals surface area contributed by atoms with Gasteiger partial charge in [0.05, 0.1) is 12.7 Å². The lowest BCUT2D eigenvalue weighted by Gasteiger charge is -2.03. The fraction of sp³-hybridized carbons (Fsp3) is 0.0588. The van der Waals surface area contributed by atoms with Crippen LogP contribution in [0.15, 0.2) is 54.6 Å². The molecule has 0 aliphatic heterocycles. The second-order valence-electron chi connectivity index (χ2n) is 4.48. The highest BCUT2D eigenvalue weighted by atomic mass is 16.5. The first-order chi connectivity index (χ1) is 10.6. The van der Waals surface area contributed by atoms with Crippen LogP contribution in [0.4, 0.5) is 5.69 Å². The number of carbonyl (C=O) groups is 2. The molecular formula is C17H15NO4. The van der Waals surface area contributed by atoms with E-state index in [0.29, 0.717) is 5.69 Å². The number of carboxylic acids is 1. The molecule has 1 amide bonds. The predicted molar refractivity (Wildman–Crippen MR) is 84.1 cm³/mol. The van der Waals surface area contributed by atoms with Gasteiger partial charge in [-0.25, -0.2) is 4.79 Å². The molecule has 0 saturated heterocycles. The van der Waals surface area contributed by atoms with E-state index in [1.165, 1.54) is 18.2 Å². The van der Waals surface area contributed by atoms with Gasteiger partial charge in [-0.2, -0.15) is 0 Å². The minimum Gasteiger partial charge on any atom is -0.497 e. The van der Waals surface area contributed by atoms with E-state index in [1.807, 2.05) is 12.1 Å². The van der Waals surface area contributed by atoms with E-state index in [0.717, 1.165) is 11.3 Å². The van der Waals surface area contributed by atoms with Crippen LogP contribution in [-0.4, -0.2) is 24.1 Å². The number of rotatable bonds is 5. The van der Waals surface area contributed by atoms with Gasteiger partial charge in [-0.15, -0.1) is 0 Å². The van der Waals surface area contributed by atoms with Crippen molar-refractivity contribution >= 4 is 23.6 Å². The molecule has 112 valence electrons. The number of aromatic carboxylic acids is 1. The van der Waals surface area contributed by atoms with E-state index in [2.05, 4.69) is 5.32 Å². The summed E-state index contributed by atoms with van der Waals surface area (Å²) in [5, 5.41) is 11.5. The van der Waals surface area contributed by atoms with Crippen LogP contribution in [0, 0.1) is 0 Å². The van der Waals surface area contributed by atoms with Crippen molar-refractivity contribution in [2.24, 2.45) is 0 Å². The predicted octanol–water partition coefficient (Wildman–Crippen LogP) is 3.05.